The first-order valence-electron chi connectivity index (χ1n) is 9.67. The summed E-state index contributed by atoms with van der Waals surface area (Å²) < 4.78 is 5.17. The van der Waals surface area contributed by atoms with Crippen LogP contribution < -0.4 is 9.64 Å². The zero-order chi connectivity index (χ0) is 20.5. The lowest BCUT2D eigenvalue weighted by atomic mass is 10.1. The fraction of sp³-hybridized carbons (Fsp3) is 0.526. The Balaban J connectivity index is 1.33. The van der Waals surface area contributed by atoms with Gasteiger partial charge >= 0.3 is 12.1 Å². The highest BCUT2D eigenvalue weighted by atomic mass is 16.7. The quantitative estimate of drug-likeness (QED) is 0.690. The molecule has 1 atom stereocenters. The molecule has 29 heavy (non-hydrogen) atoms. The minimum Gasteiger partial charge on any atom is -0.497 e. The van der Waals surface area contributed by atoms with E-state index in [4.69, 9.17) is 9.57 Å². The Morgan fingerprint density at radius 2 is 1.72 bits per heavy atom. The highest BCUT2D eigenvalue weighted by molar-refractivity contribution is 6.03. The Hall–Kier alpha value is -3.01. The van der Waals surface area contributed by atoms with Crippen molar-refractivity contribution in [1.29, 1.82) is 0 Å². The topological polar surface area (TPSA) is 85.9 Å². The summed E-state index contributed by atoms with van der Waals surface area (Å²) >= 11 is 0. The SMILES string of the molecule is COc1ccc(N2CCN(C(=O)ON3C(=O)C4CCN(C)CN4C3=O)CC2)cc1. The number of ether oxygens (including phenoxy) is 1. The number of fused-ring (bicyclic) bond motifs is 1. The number of piperazine rings is 1. The number of hydrogen-bond donors (Lipinski definition) is 0. The number of nitrogens with zero attached hydrogens (tertiary/aromatic N) is 5. The summed E-state index contributed by atoms with van der Waals surface area (Å²) in [5.41, 5.74) is 1.05. The first-order chi connectivity index (χ1) is 14.0. The molecule has 4 amide bonds. The van der Waals surface area contributed by atoms with Gasteiger partial charge in [0.1, 0.15) is 11.8 Å². The summed E-state index contributed by atoms with van der Waals surface area (Å²) in [5.74, 6) is 0.326. The van der Waals surface area contributed by atoms with Crippen LogP contribution in [0.2, 0.25) is 0 Å². The second-order valence-electron chi connectivity index (χ2n) is 7.44. The van der Waals surface area contributed by atoms with Gasteiger partial charge in [0.25, 0.3) is 5.91 Å². The van der Waals surface area contributed by atoms with Crippen LogP contribution in [0.5, 0.6) is 5.75 Å². The van der Waals surface area contributed by atoms with Gasteiger partial charge < -0.3 is 19.4 Å². The van der Waals surface area contributed by atoms with Gasteiger partial charge in [-0.1, -0.05) is 5.06 Å². The van der Waals surface area contributed by atoms with E-state index in [0.29, 0.717) is 44.3 Å². The number of amides is 4. The van der Waals surface area contributed by atoms with Gasteiger partial charge in [-0.25, -0.2) is 9.59 Å². The largest absolute Gasteiger partial charge is 0.497 e. The van der Waals surface area contributed by atoms with Crippen LogP contribution in [0.3, 0.4) is 0 Å². The molecule has 4 rings (SSSR count). The number of carbonyl (C=O) groups is 3. The molecule has 0 saturated carbocycles. The molecule has 0 aromatic heterocycles. The molecule has 3 aliphatic rings. The first kappa shape index (κ1) is 19.3. The summed E-state index contributed by atoms with van der Waals surface area (Å²) in [6.07, 6.45) is -0.135. The first-order valence-corrected chi connectivity index (χ1v) is 9.67. The molecule has 3 heterocycles. The predicted molar refractivity (Wildman–Crippen MR) is 103 cm³/mol. The second kappa shape index (κ2) is 7.78. The summed E-state index contributed by atoms with van der Waals surface area (Å²) in [5, 5.41) is 0.627. The number of benzene rings is 1. The van der Waals surface area contributed by atoms with Gasteiger partial charge in [-0.05, 0) is 37.7 Å². The van der Waals surface area contributed by atoms with E-state index in [1.54, 1.807) is 7.11 Å². The molecule has 10 heteroatoms. The van der Waals surface area contributed by atoms with E-state index in [-0.39, 0.29) is 0 Å². The Morgan fingerprint density at radius 3 is 2.38 bits per heavy atom. The number of anilines is 1. The maximum atomic E-state index is 12.5. The molecular weight excluding hydrogens is 378 g/mol. The number of urea groups is 1. The summed E-state index contributed by atoms with van der Waals surface area (Å²) in [7, 11) is 3.50. The van der Waals surface area contributed by atoms with Gasteiger partial charge in [0.2, 0.25) is 0 Å². The molecule has 10 nitrogen and oxygen atoms in total. The molecule has 0 radical (unpaired) electrons. The van der Waals surface area contributed by atoms with Crippen LogP contribution in [-0.2, 0) is 9.63 Å². The van der Waals surface area contributed by atoms with Crippen LogP contribution in [0.1, 0.15) is 6.42 Å². The van der Waals surface area contributed by atoms with Crippen molar-refractivity contribution in [3.8, 4) is 5.75 Å². The third-order valence-corrected chi connectivity index (χ3v) is 5.60. The number of rotatable bonds is 3. The van der Waals surface area contributed by atoms with Crippen LogP contribution >= 0.6 is 0 Å². The van der Waals surface area contributed by atoms with Crippen molar-refractivity contribution in [3.63, 3.8) is 0 Å². The van der Waals surface area contributed by atoms with Gasteiger partial charge in [0, 0.05) is 38.4 Å². The lowest BCUT2D eigenvalue weighted by Crippen LogP contribution is -2.50. The van der Waals surface area contributed by atoms with Crippen molar-refractivity contribution >= 4 is 23.7 Å². The minimum atomic E-state index is -0.672. The Bertz CT molecular complexity index is 793. The number of hydroxylamine groups is 2. The normalized spacial score (nSPS) is 22.8. The van der Waals surface area contributed by atoms with Gasteiger partial charge in [-0.3, -0.25) is 14.6 Å². The van der Waals surface area contributed by atoms with Crippen LogP contribution in [0.25, 0.3) is 0 Å². The Morgan fingerprint density at radius 1 is 1.03 bits per heavy atom. The predicted octanol–water partition coefficient (Wildman–Crippen LogP) is 0.795. The molecule has 0 bridgehead atoms. The van der Waals surface area contributed by atoms with E-state index in [2.05, 4.69) is 4.90 Å². The molecule has 0 N–H and O–H groups in total. The monoisotopic (exact) mass is 403 g/mol. The van der Waals surface area contributed by atoms with Crippen LogP contribution in [-0.4, -0.2) is 97.4 Å². The number of carbonyl (C=O) groups excluding carboxylic acids is 3. The van der Waals surface area contributed by atoms with E-state index in [0.717, 1.165) is 18.0 Å². The van der Waals surface area contributed by atoms with Gasteiger partial charge in [0.05, 0.1) is 13.8 Å². The maximum absolute atomic E-state index is 12.5. The molecular formula is C19H25N5O5. The molecule has 3 saturated heterocycles. The van der Waals surface area contributed by atoms with Crippen LogP contribution in [0, 0.1) is 0 Å². The number of methoxy groups -OCH3 is 1. The van der Waals surface area contributed by atoms with Gasteiger partial charge in [-0.15, -0.1) is 0 Å². The summed E-state index contributed by atoms with van der Waals surface area (Å²) in [6, 6.07) is 6.62. The van der Waals surface area contributed by atoms with E-state index < -0.39 is 24.1 Å². The molecule has 156 valence electrons. The smallest absolute Gasteiger partial charge is 0.434 e. The summed E-state index contributed by atoms with van der Waals surface area (Å²) in [6.45, 7) is 3.21. The lowest BCUT2D eigenvalue weighted by Gasteiger charge is -2.35. The van der Waals surface area contributed by atoms with Crippen LogP contribution in [0.4, 0.5) is 15.3 Å². The highest BCUT2D eigenvalue weighted by Crippen LogP contribution is 2.25. The zero-order valence-electron chi connectivity index (χ0n) is 16.6. The Kier molecular flexibility index (Phi) is 5.18. The fourth-order valence-electron chi connectivity index (χ4n) is 3.88. The second-order valence-corrected chi connectivity index (χ2v) is 7.44. The van der Waals surface area contributed by atoms with E-state index in [1.807, 2.05) is 36.2 Å². The number of hydrogen-bond acceptors (Lipinski definition) is 7. The molecule has 1 aromatic carbocycles. The maximum Gasteiger partial charge on any atom is 0.434 e. The molecule has 1 aromatic rings. The van der Waals surface area contributed by atoms with E-state index >= 15 is 0 Å². The van der Waals surface area contributed by atoms with E-state index in [9.17, 15) is 14.4 Å². The Labute approximate surface area is 169 Å². The van der Waals surface area contributed by atoms with Crippen molar-refractivity contribution in [3.05, 3.63) is 24.3 Å². The molecule has 3 fully saturated rings. The molecule has 0 aliphatic carbocycles. The molecule has 1 unspecified atom stereocenters. The third kappa shape index (κ3) is 3.67. The van der Waals surface area contributed by atoms with Crippen molar-refractivity contribution in [1.82, 2.24) is 19.8 Å². The standard InChI is InChI=1S/C19H25N5O5/c1-20-8-7-16-17(25)24(18(26)23(16)13-20)29-19(27)22-11-9-21(10-12-22)14-3-5-15(28-2)6-4-14/h3-6,16H,7-13H2,1-2H3. The average Bonchev–Trinajstić information content (AvgIpc) is 2.98. The number of imide groups is 1. The van der Waals surface area contributed by atoms with Crippen molar-refractivity contribution in [2.75, 3.05) is 58.4 Å². The highest BCUT2D eigenvalue weighted by Gasteiger charge is 2.50. The van der Waals surface area contributed by atoms with Crippen molar-refractivity contribution < 1.29 is 24.0 Å². The molecule has 3 aliphatic heterocycles. The van der Waals surface area contributed by atoms with Gasteiger partial charge in [-0.2, -0.15) is 0 Å². The summed E-state index contributed by atoms with van der Waals surface area (Å²) in [4.78, 5) is 49.8. The third-order valence-electron chi connectivity index (χ3n) is 5.60. The lowest BCUT2D eigenvalue weighted by molar-refractivity contribution is -0.152. The van der Waals surface area contributed by atoms with Crippen molar-refractivity contribution in [2.24, 2.45) is 0 Å². The zero-order valence-corrected chi connectivity index (χ0v) is 16.6. The average molecular weight is 403 g/mol. The van der Waals surface area contributed by atoms with E-state index in [1.165, 1.54) is 9.80 Å². The van der Waals surface area contributed by atoms with Gasteiger partial charge in [0.15, 0.2) is 0 Å². The molecule has 0 spiro atoms. The van der Waals surface area contributed by atoms with Crippen LogP contribution in [0.15, 0.2) is 24.3 Å². The fourth-order valence-corrected chi connectivity index (χ4v) is 3.88. The minimum absolute atomic E-state index is 0.351. The van der Waals surface area contributed by atoms with Crippen molar-refractivity contribution in [2.45, 2.75) is 12.5 Å².